The van der Waals surface area contributed by atoms with Gasteiger partial charge in [-0.1, -0.05) is 30.3 Å². The van der Waals surface area contributed by atoms with Crippen LogP contribution in [-0.2, 0) is 6.54 Å². The van der Waals surface area contributed by atoms with E-state index in [1.807, 2.05) is 48.5 Å². The number of aromatic amines is 1. The zero-order valence-corrected chi connectivity index (χ0v) is 20.6. The number of H-pyrrole nitrogens is 1. The van der Waals surface area contributed by atoms with Crippen molar-refractivity contribution in [2.45, 2.75) is 25.3 Å². The lowest BCUT2D eigenvalue weighted by Crippen LogP contribution is -2.46. The van der Waals surface area contributed by atoms with E-state index >= 15 is 0 Å². The maximum Gasteiger partial charge on any atom is 0.255 e. The van der Waals surface area contributed by atoms with Crippen molar-refractivity contribution < 1.29 is 4.79 Å². The molecule has 2 aromatic heterocycles. The molecule has 3 heterocycles. The van der Waals surface area contributed by atoms with Gasteiger partial charge in [-0.25, -0.2) is 4.98 Å². The maximum absolute atomic E-state index is 12.4. The second kappa shape index (κ2) is 10.4. The molecule has 1 saturated carbocycles. The normalized spacial score (nSPS) is 15.9. The van der Waals surface area contributed by atoms with Crippen LogP contribution in [0.25, 0.3) is 0 Å². The third-order valence-electron chi connectivity index (χ3n) is 6.82. The Morgan fingerprint density at radius 3 is 2.49 bits per heavy atom. The van der Waals surface area contributed by atoms with Gasteiger partial charge in [-0.2, -0.15) is 10.1 Å². The summed E-state index contributed by atoms with van der Waals surface area (Å²) in [5, 5.41) is 13.7. The van der Waals surface area contributed by atoms with Crippen LogP contribution in [-0.4, -0.2) is 57.2 Å². The van der Waals surface area contributed by atoms with Gasteiger partial charge in [-0.05, 0) is 48.7 Å². The van der Waals surface area contributed by atoms with Crippen LogP contribution in [0, 0.1) is 0 Å². The van der Waals surface area contributed by atoms with E-state index < -0.39 is 0 Å². The van der Waals surface area contributed by atoms with Crippen LogP contribution >= 0.6 is 0 Å². The van der Waals surface area contributed by atoms with Gasteiger partial charge in [0.05, 0.1) is 0 Å². The summed E-state index contributed by atoms with van der Waals surface area (Å²) in [6.07, 6.45) is 4.27. The van der Waals surface area contributed by atoms with Crippen LogP contribution in [0.5, 0.6) is 0 Å². The van der Waals surface area contributed by atoms with Crippen LogP contribution in [0.3, 0.4) is 0 Å². The van der Waals surface area contributed by atoms with Crippen molar-refractivity contribution in [2.24, 2.45) is 0 Å². The molecule has 9 heteroatoms. The summed E-state index contributed by atoms with van der Waals surface area (Å²) >= 11 is 0. The summed E-state index contributed by atoms with van der Waals surface area (Å²) in [4.78, 5) is 26.2. The minimum Gasteiger partial charge on any atom is -0.338 e. The average molecular weight is 495 g/mol. The van der Waals surface area contributed by atoms with Crippen molar-refractivity contribution in [1.29, 1.82) is 0 Å². The number of piperazine rings is 1. The summed E-state index contributed by atoms with van der Waals surface area (Å²) in [7, 11) is 0. The number of benzene rings is 2. The first-order valence-corrected chi connectivity index (χ1v) is 12.8. The van der Waals surface area contributed by atoms with E-state index in [1.165, 1.54) is 24.1 Å². The predicted molar refractivity (Wildman–Crippen MR) is 144 cm³/mol. The van der Waals surface area contributed by atoms with E-state index in [-0.39, 0.29) is 5.91 Å². The molecule has 4 aromatic rings. The van der Waals surface area contributed by atoms with Crippen molar-refractivity contribution >= 4 is 29.2 Å². The Bertz CT molecular complexity index is 1340. The molecule has 188 valence electrons. The molecule has 2 fully saturated rings. The highest BCUT2D eigenvalue weighted by molar-refractivity contribution is 6.04. The van der Waals surface area contributed by atoms with E-state index in [2.05, 4.69) is 53.8 Å². The summed E-state index contributed by atoms with van der Waals surface area (Å²) in [6, 6.07) is 21.3. The number of hydrogen-bond acceptors (Lipinski definition) is 7. The van der Waals surface area contributed by atoms with E-state index in [9.17, 15) is 4.79 Å². The van der Waals surface area contributed by atoms with E-state index in [0.717, 1.165) is 56.0 Å². The van der Waals surface area contributed by atoms with Crippen molar-refractivity contribution in [3.05, 3.63) is 89.7 Å². The molecule has 1 amide bonds. The summed E-state index contributed by atoms with van der Waals surface area (Å²) in [6.45, 7) is 4.45. The van der Waals surface area contributed by atoms with Crippen molar-refractivity contribution in [1.82, 2.24) is 25.1 Å². The molecule has 0 radical (unpaired) electrons. The quantitative estimate of drug-likeness (QED) is 0.334. The first kappa shape index (κ1) is 23.2. The highest BCUT2D eigenvalue weighted by Crippen LogP contribution is 2.39. The Morgan fingerprint density at radius 1 is 0.946 bits per heavy atom. The fraction of sp³-hybridized carbons (Fsp3) is 0.286. The summed E-state index contributed by atoms with van der Waals surface area (Å²) < 4.78 is 0. The summed E-state index contributed by atoms with van der Waals surface area (Å²) in [5.41, 5.74) is 3.86. The maximum atomic E-state index is 12.4. The Hall–Kier alpha value is -4.24. The smallest absolute Gasteiger partial charge is 0.255 e. The lowest BCUT2D eigenvalue weighted by Gasteiger charge is -2.34. The Morgan fingerprint density at radius 2 is 1.73 bits per heavy atom. The molecule has 3 N–H and O–H groups in total. The van der Waals surface area contributed by atoms with Gasteiger partial charge < -0.3 is 15.5 Å². The summed E-state index contributed by atoms with van der Waals surface area (Å²) in [5.74, 6) is 2.82. The van der Waals surface area contributed by atoms with Gasteiger partial charge in [-0.15, -0.1) is 0 Å². The van der Waals surface area contributed by atoms with E-state index in [0.29, 0.717) is 11.5 Å². The van der Waals surface area contributed by atoms with E-state index in [1.54, 1.807) is 6.20 Å². The van der Waals surface area contributed by atoms with Gasteiger partial charge in [0.15, 0.2) is 5.82 Å². The lowest BCUT2D eigenvalue weighted by atomic mass is 10.1. The predicted octanol–water partition coefficient (Wildman–Crippen LogP) is 4.40. The van der Waals surface area contributed by atoms with E-state index in [4.69, 9.17) is 4.98 Å². The largest absolute Gasteiger partial charge is 0.338 e. The minimum absolute atomic E-state index is 0.0988. The van der Waals surface area contributed by atoms with Gasteiger partial charge in [0.2, 0.25) is 5.95 Å². The third kappa shape index (κ3) is 5.78. The first-order chi connectivity index (χ1) is 18.2. The van der Waals surface area contributed by atoms with Crippen LogP contribution in [0.4, 0.5) is 23.3 Å². The zero-order valence-electron chi connectivity index (χ0n) is 20.6. The van der Waals surface area contributed by atoms with Crippen molar-refractivity contribution in [3.8, 4) is 0 Å². The number of amides is 1. The molecule has 0 spiro atoms. The highest BCUT2D eigenvalue weighted by atomic mass is 16.1. The standard InChI is InChI=1S/C28H30N8O/c37-27(22-4-2-1-3-5-22)30-23-10-6-20(7-11-23)19-35-14-16-36(17-15-35)28-29-13-12-25(32-28)31-26-18-24(33-34-26)21-8-9-21/h1-7,10-13,18,21H,8-9,14-17,19H2,(H,30,37)(H2,29,31,32,33,34). The Kier molecular flexibility index (Phi) is 6.51. The van der Waals surface area contributed by atoms with Gasteiger partial charge in [0, 0.05) is 67.8 Å². The SMILES string of the molecule is O=C(Nc1ccc(CN2CCN(c3nccc(Nc4cc(C5CC5)[nH]n4)n3)CC2)cc1)c1ccccc1. The Balaban J connectivity index is 0.997. The van der Waals surface area contributed by atoms with Crippen LogP contribution < -0.4 is 15.5 Å². The van der Waals surface area contributed by atoms with Crippen molar-refractivity contribution in [2.75, 3.05) is 41.7 Å². The number of aromatic nitrogens is 4. The minimum atomic E-state index is -0.0988. The number of rotatable bonds is 8. The number of nitrogens with zero attached hydrogens (tertiary/aromatic N) is 5. The van der Waals surface area contributed by atoms with Gasteiger partial charge in [0.25, 0.3) is 5.91 Å². The molecule has 0 atom stereocenters. The van der Waals surface area contributed by atoms with Gasteiger partial charge >= 0.3 is 0 Å². The molecule has 6 rings (SSSR count). The molecule has 2 aromatic carbocycles. The molecular weight excluding hydrogens is 464 g/mol. The number of carbonyl (C=O) groups excluding carboxylic acids is 1. The highest BCUT2D eigenvalue weighted by Gasteiger charge is 2.25. The zero-order chi connectivity index (χ0) is 25.0. The molecule has 1 saturated heterocycles. The van der Waals surface area contributed by atoms with Crippen LogP contribution in [0.2, 0.25) is 0 Å². The average Bonchev–Trinajstić information content (AvgIpc) is 3.69. The Labute approximate surface area is 215 Å². The number of anilines is 4. The molecule has 0 unspecified atom stereocenters. The molecule has 37 heavy (non-hydrogen) atoms. The molecule has 0 bridgehead atoms. The molecule has 1 aliphatic heterocycles. The number of nitrogens with one attached hydrogen (secondary N) is 3. The monoisotopic (exact) mass is 494 g/mol. The molecular formula is C28H30N8O. The van der Waals surface area contributed by atoms with Gasteiger partial charge in [0.1, 0.15) is 5.82 Å². The second-order valence-corrected chi connectivity index (χ2v) is 9.63. The third-order valence-corrected chi connectivity index (χ3v) is 6.82. The lowest BCUT2D eigenvalue weighted by molar-refractivity contribution is 0.102. The fourth-order valence-electron chi connectivity index (χ4n) is 4.56. The van der Waals surface area contributed by atoms with Crippen LogP contribution in [0.1, 0.15) is 40.4 Å². The molecule has 1 aliphatic carbocycles. The second-order valence-electron chi connectivity index (χ2n) is 9.63. The topological polar surface area (TPSA) is 102 Å². The van der Waals surface area contributed by atoms with Crippen LogP contribution in [0.15, 0.2) is 72.9 Å². The fourth-order valence-corrected chi connectivity index (χ4v) is 4.56. The molecule has 9 nitrogen and oxygen atoms in total. The first-order valence-electron chi connectivity index (χ1n) is 12.8. The van der Waals surface area contributed by atoms with Gasteiger partial charge in [-0.3, -0.25) is 14.8 Å². The van der Waals surface area contributed by atoms with Crippen molar-refractivity contribution in [3.63, 3.8) is 0 Å². The number of carbonyl (C=O) groups is 1. The molecule has 2 aliphatic rings. The number of hydrogen-bond donors (Lipinski definition) is 3.